The number of hydrazone groups is 1. The molecule has 1 aromatic heterocycles. The molecule has 1 heterocycles. The number of carboxylic acids is 1. The van der Waals surface area contributed by atoms with Crippen molar-refractivity contribution in [3.05, 3.63) is 77.6 Å². The molecular weight excluding hydrogens is 458 g/mol. The normalized spacial score (nSPS) is 12.7. The Morgan fingerprint density at radius 1 is 1.00 bits per heavy atom. The van der Waals surface area contributed by atoms with Gasteiger partial charge >= 0.3 is 5.97 Å². The van der Waals surface area contributed by atoms with E-state index in [1.165, 1.54) is 30.5 Å². The summed E-state index contributed by atoms with van der Waals surface area (Å²) in [7, 11) is -3.90. The molecule has 9 nitrogen and oxygen atoms in total. The second kappa shape index (κ2) is 10.4. The Labute approximate surface area is 197 Å². The lowest BCUT2D eigenvalue weighted by molar-refractivity contribution is -0.123. The lowest BCUT2D eigenvalue weighted by Gasteiger charge is -2.20. The van der Waals surface area contributed by atoms with Gasteiger partial charge in [0.25, 0.3) is 5.91 Å². The van der Waals surface area contributed by atoms with E-state index in [1.54, 1.807) is 50.2 Å². The van der Waals surface area contributed by atoms with Crippen LogP contribution in [0.2, 0.25) is 0 Å². The molecule has 178 valence electrons. The number of benzene rings is 2. The van der Waals surface area contributed by atoms with E-state index in [0.29, 0.717) is 17.1 Å². The first kappa shape index (κ1) is 24.9. The summed E-state index contributed by atoms with van der Waals surface area (Å²) in [5, 5.41) is 12.9. The van der Waals surface area contributed by atoms with Gasteiger partial charge in [-0.05, 0) is 49.2 Å². The number of nitrogens with one attached hydrogen (secondary N) is 2. The molecule has 0 unspecified atom stereocenters. The zero-order chi connectivity index (χ0) is 24.9. The first-order valence-corrected chi connectivity index (χ1v) is 11.9. The Bertz CT molecular complexity index is 1290. The topological polar surface area (TPSA) is 138 Å². The smallest absolute Gasteiger partial charge is 0.335 e. The van der Waals surface area contributed by atoms with Crippen molar-refractivity contribution in [2.24, 2.45) is 11.0 Å². The summed E-state index contributed by atoms with van der Waals surface area (Å²) in [5.41, 5.74) is 4.11. The van der Waals surface area contributed by atoms with E-state index in [9.17, 15) is 18.0 Å². The highest BCUT2D eigenvalue weighted by Crippen LogP contribution is 2.22. The molecule has 3 aromatic rings. The van der Waals surface area contributed by atoms with Crippen LogP contribution in [0.1, 0.15) is 35.5 Å². The van der Waals surface area contributed by atoms with E-state index in [1.807, 2.05) is 6.92 Å². The summed E-state index contributed by atoms with van der Waals surface area (Å²) in [6.45, 7) is 5.29. The van der Waals surface area contributed by atoms with E-state index in [2.05, 4.69) is 15.2 Å². The molecule has 0 fully saturated rings. The van der Waals surface area contributed by atoms with Crippen molar-refractivity contribution in [3.63, 3.8) is 0 Å². The third-order valence-corrected chi connectivity index (χ3v) is 6.43. The summed E-state index contributed by atoms with van der Waals surface area (Å²) in [6, 6.07) is 14.8. The maximum Gasteiger partial charge on any atom is 0.335 e. The fourth-order valence-electron chi connectivity index (χ4n) is 3.03. The summed E-state index contributed by atoms with van der Waals surface area (Å²) < 4.78 is 33.4. The van der Waals surface area contributed by atoms with Crippen LogP contribution >= 0.6 is 0 Å². The Morgan fingerprint density at radius 3 is 2.24 bits per heavy atom. The van der Waals surface area contributed by atoms with Crippen LogP contribution in [-0.4, -0.2) is 37.7 Å². The van der Waals surface area contributed by atoms with Gasteiger partial charge in [0.05, 0.1) is 16.7 Å². The minimum absolute atomic E-state index is 0.0690. The Hall–Kier alpha value is -3.76. The van der Waals surface area contributed by atoms with Gasteiger partial charge in [-0.15, -0.1) is 0 Å². The fourth-order valence-corrected chi connectivity index (χ4v) is 4.37. The largest absolute Gasteiger partial charge is 0.478 e. The first-order valence-electron chi connectivity index (χ1n) is 10.4. The number of aromatic carboxylic acids is 1. The second-order valence-electron chi connectivity index (χ2n) is 7.97. The van der Waals surface area contributed by atoms with Gasteiger partial charge in [0.2, 0.25) is 10.0 Å². The van der Waals surface area contributed by atoms with Gasteiger partial charge in [0.15, 0.2) is 0 Å². The molecule has 34 heavy (non-hydrogen) atoms. The van der Waals surface area contributed by atoms with Gasteiger partial charge in [-0.2, -0.15) is 9.82 Å². The highest BCUT2D eigenvalue weighted by atomic mass is 32.2. The number of carbonyl (C=O) groups is 2. The number of carbonyl (C=O) groups excluding carboxylic acids is 1. The van der Waals surface area contributed by atoms with Crippen LogP contribution in [0, 0.1) is 12.8 Å². The summed E-state index contributed by atoms with van der Waals surface area (Å²) in [6.07, 6.45) is 1.29. The van der Waals surface area contributed by atoms with E-state index in [-0.39, 0.29) is 16.4 Å². The van der Waals surface area contributed by atoms with E-state index < -0.39 is 27.9 Å². The molecule has 0 aliphatic carbocycles. The number of hydrogen-bond acceptors (Lipinski definition) is 6. The number of aryl methyl sites for hydroxylation is 1. The van der Waals surface area contributed by atoms with Crippen LogP contribution in [0.25, 0.3) is 11.3 Å². The monoisotopic (exact) mass is 483 g/mol. The molecule has 10 heteroatoms. The molecule has 3 rings (SSSR count). The van der Waals surface area contributed by atoms with Gasteiger partial charge in [-0.1, -0.05) is 43.7 Å². The molecule has 0 aliphatic rings. The number of nitrogens with zero attached hydrogens (tertiary/aromatic N) is 1. The molecule has 0 bridgehead atoms. The number of rotatable bonds is 9. The van der Waals surface area contributed by atoms with Crippen molar-refractivity contribution in [3.8, 4) is 11.3 Å². The predicted molar refractivity (Wildman–Crippen MR) is 127 cm³/mol. The van der Waals surface area contributed by atoms with Crippen molar-refractivity contribution < 1.29 is 27.5 Å². The summed E-state index contributed by atoms with van der Waals surface area (Å²) in [4.78, 5) is 23.7. The third kappa shape index (κ3) is 6.18. The zero-order valence-corrected chi connectivity index (χ0v) is 19.7. The van der Waals surface area contributed by atoms with Crippen LogP contribution in [0.4, 0.5) is 0 Å². The number of amides is 1. The van der Waals surface area contributed by atoms with Crippen LogP contribution in [0.3, 0.4) is 0 Å². The van der Waals surface area contributed by atoms with Crippen LogP contribution in [0.15, 0.2) is 75.1 Å². The van der Waals surface area contributed by atoms with E-state index in [4.69, 9.17) is 9.52 Å². The third-order valence-electron chi connectivity index (χ3n) is 4.97. The fraction of sp³-hybridized carbons (Fsp3) is 0.208. The minimum atomic E-state index is -3.90. The zero-order valence-electron chi connectivity index (χ0n) is 18.8. The Morgan fingerprint density at radius 2 is 1.65 bits per heavy atom. The highest BCUT2D eigenvalue weighted by Gasteiger charge is 2.28. The molecule has 3 N–H and O–H groups in total. The molecule has 1 amide bonds. The van der Waals surface area contributed by atoms with Crippen molar-refractivity contribution in [2.75, 3.05) is 0 Å². The maximum absolute atomic E-state index is 12.7. The lowest BCUT2D eigenvalue weighted by Crippen LogP contribution is -2.48. The van der Waals surface area contributed by atoms with Gasteiger partial charge in [0.1, 0.15) is 17.6 Å². The first-order chi connectivity index (χ1) is 16.1. The quantitative estimate of drug-likeness (QED) is 0.315. The van der Waals surface area contributed by atoms with E-state index >= 15 is 0 Å². The van der Waals surface area contributed by atoms with Crippen molar-refractivity contribution in [2.45, 2.75) is 31.7 Å². The molecule has 0 radical (unpaired) electrons. The Kier molecular flexibility index (Phi) is 7.64. The van der Waals surface area contributed by atoms with Gasteiger partial charge in [0, 0.05) is 5.56 Å². The second-order valence-corrected chi connectivity index (χ2v) is 9.69. The maximum atomic E-state index is 12.7. The minimum Gasteiger partial charge on any atom is -0.478 e. The molecule has 0 aliphatic heterocycles. The molecule has 0 saturated carbocycles. The van der Waals surface area contributed by atoms with Crippen molar-refractivity contribution in [1.82, 2.24) is 10.1 Å². The standard InChI is InChI=1S/C24H25N3O6S/c1-15(2)22(27-34(31,32)20-11-4-16(3)5-12-20)23(28)26-25-14-19-10-13-21(33-19)17-6-8-18(9-7-17)24(29)30/h4-15,22,27H,1-3H3,(H,26,28)(H,29,30)/b25-14-/t22-/m0/s1. The number of furan rings is 1. The summed E-state index contributed by atoms with van der Waals surface area (Å²) in [5.74, 6) is -1.12. The predicted octanol–water partition coefficient (Wildman–Crippen LogP) is 3.41. The molecule has 1 atom stereocenters. The van der Waals surface area contributed by atoms with Crippen LogP contribution in [0.5, 0.6) is 0 Å². The van der Waals surface area contributed by atoms with Gasteiger partial charge < -0.3 is 9.52 Å². The molecule has 0 spiro atoms. The Balaban J connectivity index is 1.65. The lowest BCUT2D eigenvalue weighted by atomic mass is 10.1. The van der Waals surface area contributed by atoms with Crippen LogP contribution < -0.4 is 10.1 Å². The number of hydrogen-bond donors (Lipinski definition) is 3. The van der Waals surface area contributed by atoms with Gasteiger partial charge in [-0.25, -0.2) is 18.6 Å². The average Bonchev–Trinajstić information content (AvgIpc) is 3.26. The van der Waals surface area contributed by atoms with Gasteiger partial charge in [-0.3, -0.25) is 4.79 Å². The van der Waals surface area contributed by atoms with Crippen molar-refractivity contribution >= 4 is 28.1 Å². The van der Waals surface area contributed by atoms with Crippen molar-refractivity contribution in [1.29, 1.82) is 0 Å². The molecule has 2 aromatic carbocycles. The number of sulfonamides is 1. The SMILES string of the molecule is Cc1ccc(S(=O)(=O)N[C@H](C(=O)N/N=C\c2ccc(-c3ccc(C(=O)O)cc3)o2)C(C)C)cc1. The molecule has 0 saturated heterocycles. The van der Waals surface area contributed by atoms with E-state index in [0.717, 1.165) is 5.56 Å². The summed E-state index contributed by atoms with van der Waals surface area (Å²) >= 11 is 0. The highest BCUT2D eigenvalue weighted by molar-refractivity contribution is 7.89. The molecular formula is C24H25N3O6S. The van der Waals surface area contributed by atoms with Crippen LogP contribution in [-0.2, 0) is 14.8 Å². The average molecular weight is 484 g/mol. The number of carboxylic acid groups (broad SMARTS) is 1.